The molecule has 21 heavy (non-hydrogen) atoms. The summed E-state index contributed by atoms with van der Waals surface area (Å²) >= 11 is 0. The summed E-state index contributed by atoms with van der Waals surface area (Å²) in [4.78, 5) is 0. The molecule has 3 rings (SSSR count). The highest BCUT2D eigenvalue weighted by Gasteiger charge is 2.33. The van der Waals surface area contributed by atoms with Crippen molar-refractivity contribution in [2.75, 3.05) is 6.54 Å². The van der Waals surface area contributed by atoms with Gasteiger partial charge in [-0.1, -0.05) is 26.0 Å². The molecular formula is C18H27NO2. The molecule has 1 heterocycles. The zero-order chi connectivity index (χ0) is 15.0. The Kier molecular flexibility index (Phi) is 3.87. The van der Waals surface area contributed by atoms with E-state index in [4.69, 9.17) is 9.47 Å². The first kappa shape index (κ1) is 14.7. The van der Waals surface area contributed by atoms with Crippen LogP contribution in [0, 0.1) is 5.92 Å². The molecular weight excluding hydrogens is 262 g/mol. The molecule has 0 saturated heterocycles. The van der Waals surface area contributed by atoms with E-state index in [1.165, 1.54) is 18.4 Å². The summed E-state index contributed by atoms with van der Waals surface area (Å²) in [6.45, 7) is 9.60. The smallest absolute Gasteiger partial charge is 0.165 e. The molecule has 0 aromatic heterocycles. The monoisotopic (exact) mass is 289 g/mol. The number of nitrogens with one attached hydrogen (secondary N) is 1. The topological polar surface area (TPSA) is 30.5 Å². The molecule has 0 amide bonds. The third kappa shape index (κ3) is 3.52. The predicted molar refractivity (Wildman–Crippen MR) is 85.1 cm³/mol. The number of hydrogen-bond acceptors (Lipinski definition) is 3. The Morgan fingerprint density at radius 2 is 2.10 bits per heavy atom. The van der Waals surface area contributed by atoms with Crippen LogP contribution in [0.3, 0.4) is 0 Å². The van der Waals surface area contributed by atoms with Crippen molar-refractivity contribution in [3.05, 3.63) is 23.8 Å². The summed E-state index contributed by atoms with van der Waals surface area (Å²) < 4.78 is 12.4. The standard InChI is InChI=1S/C18H27NO2/c1-12(2)16(11-19-14-8-9-14)20-15-7-5-6-13-10-18(3,4)21-17(13)15/h5-7,12,14,16,19H,8-11H2,1-4H3. The molecule has 1 aliphatic heterocycles. The minimum absolute atomic E-state index is 0.124. The van der Waals surface area contributed by atoms with E-state index in [1.807, 2.05) is 6.07 Å². The zero-order valence-electron chi connectivity index (χ0n) is 13.6. The van der Waals surface area contributed by atoms with Crippen molar-refractivity contribution in [1.29, 1.82) is 0 Å². The molecule has 1 aliphatic carbocycles. The summed E-state index contributed by atoms with van der Waals surface area (Å²) in [5, 5.41) is 3.58. The molecule has 1 saturated carbocycles. The Labute approximate surface area is 128 Å². The van der Waals surface area contributed by atoms with Crippen molar-refractivity contribution in [3.8, 4) is 11.5 Å². The molecule has 116 valence electrons. The lowest BCUT2D eigenvalue weighted by Crippen LogP contribution is -2.36. The van der Waals surface area contributed by atoms with Crippen molar-refractivity contribution in [2.45, 2.75) is 64.7 Å². The van der Waals surface area contributed by atoms with E-state index in [1.54, 1.807) is 0 Å². The first-order valence-corrected chi connectivity index (χ1v) is 8.15. The second-order valence-electron chi connectivity index (χ2n) is 7.37. The largest absolute Gasteiger partial charge is 0.485 e. The fourth-order valence-electron chi connectivity index (χ4n) is 2.83. The van der Waals surface area contributed by atoms with Crippen LogP contribution < -0.4 is 14.8 Å². The molecule has 3 heteroatoms. The molecule has 0 bridgehead atoms. The van der Waals surface area contributed by atoms with E-state index in [2.05, 4.69) is 45.1 Å². The normalized spacial score (nSPS) is 21.0. The molecule has 1 aromatic carbocycles. The molecule has 3 nitrogen and oxygen atoms in total. The SMILES string of the molecule is CC(C)C(CNC1CC1)Oc1cccc2c1OC(C)(C)C2. The van der Waals surface area contributed by atoms with Gasteiger partial charge in [-0.05, 0) is 38.7 Å². The van der Waals surface area contributed by atoms with Crippen molar-refractivity contribution >= 4 is 0 Å². The van der Waals surface area contributed by atoms with Crippen molar-refractivity contribution in [2.24, 2.45) is 5.92 Å². The van der Waals surface area contributed by atoms with Crippen LogP contribution in [0.5, 0.6) is 11.5 Å². The number of fused-ring (bicyclic) bond motifs is 1. The van der Waals surface area contributed by atoms with Crippen LogP contribution in [0.4, 0.5) is 0 Å². The lowest BCUT2D eigenvalue weighted by atomic mass is 10.0. The van der Waals surface area contributed by atoms with Gasteiger partial charge in [0.1, 0.15) is 11.7 Å². The third-order valence-corrected chi connectivity index (χ3v) is 4.26. The number of para-hydroxylation sites is 1. The lowest BCUT2D eigenvalue weighted by Gasteiger charge is -2.25. The van der Waals surface area contributed by atoms with Crippen LogP contribution in [0.15, 0.2) is 18.2 Å². The van der Waals surface area contributed by atoms with Gasteiger partial charge in [0.15, 0.2) is 11.5 Å². The second kappa shape index (κ2) is 5.53. The average Bonchev–Trinajstić information content (AvgIpc) is 3.15. The second-order valence-corrected chi connectivity index (χ2v) is 7.37. The predicted octanol–water partition coefficient (Wildman–Crippen LogP) is 3.56. The highest BCUT2D eigenvalue weighted by molar-refractivity contribution is 5.50. The number of rotatable bonds is 6. The molecule has 1 fully saturated rings. The molecule has 1 N–H and O–H groups in total. The van der Waals surface area contributed by atoms with E-state index in [0.717, 1.165) is 24.5 Å². The first-order valence-electron chi connectivity index (χ1n) is 8.15. The zero-order valence-corrected chi connectivity index (χ0v) is 13.6. The summed E-state index contributed by atoms with van der Waals surface area (Å²) in [5.41, 5.74) is 1.14. The number of ether oxygens (including phenoxy) is 2. The Balaban J connectivity index is 1.72. The molecule has 1 aromatic rings. The fraction of sp³-hybridized carbons (Fsp3) is 0.667. The highest BCUT2D eigenvalue weighted by atomic mass is 16.5. The Bertz CT molecular complexity index is 506. The van der Waals surface area contributed by atoms with Crippen molar-refractivity contribution in [3.63, 3.8) is 0 Å². The van der Waals surface area contributed by atoms with E-state index < -0.39 is 0 Å². The van der Waals surface area contributed by atoms with Gasteiger partial charge in [-0.25, -0.2) is 0 Å². The molecule has 0 radical (unpaired) electrons. The van der Waals surface area contributed by atoms with Gasteiger partial charge in [0.2, 0.25) is 0 Å². The van der Waals surface area contributed by atoms with Crippen molar-refractivity contribution < 1.29 is 9.47 Å². The maximum Gasteiger partial charge on any atom is 0.165 e. The quantitative estimate of drug-likeness (QED) is 0.868. The summed E-state index contributed by atoms with van der Waals surface area (Å²) in [6.07, 6.45) is 3.75. The van der Waals surface area contributed by atoms with Gasteiger partial charge in [0, 0.05) is 24.6 Å². The summed E-state index contributed by atoms with van der Waals surface area (Å²) in [7, 11) is 0. The van der Waals surface area contributed by atoms with E-state index in [0.29, 0.717) is 12.0 Å². The van der Waals surface area contributed by atoms with Gasteiger partial charge in [0.25, 0.3) is 0 Å². The first-order chi connectivity index (χ1) is 9.94. The summed E-state index contributed by atoms with van der Waals surface area (Å²) in [5.74, 6) is 2.32. The van der Waals surface area contributed by atoms with Gasteiger partial charge in [-0.2, -0.15) is 0 Å². The van der Waals surface area contributed by atoms with E-state index in [9.17, 15) is 0 Å². The molecule has 1 unspecified atom stereocenters. The average molecular weight is 289 g/mol. The minimum atomic E-state index is -0.124. The highest BCUT2D eigenvalue weighted by Crippen LogP contribution is 2.42. The number of hydrogen-bond donors (Lipinski definition) is 1. The number of benzene rings is 1. The summed E-state index contributed by atoms with van der Waals surface area (Å²) in [6, 6.07) is 6.97. The van der Waals surface area contributed by atoms with E-state index in [-0.39, 0.29) is 11.7 Å². The Hall–Kier alpha value is -1.22. The lowest BCUT2D eigenvalue weighted by molar-refractivity contribution is 0.113. The molecule has 2 aliphatic rings. The van der Waals surface area contributed by atoms with Crippen LogP contribution in [-0.2, 0) is 6.42 Å². The Morgan fingerprint density at radius 3 is 2.76 bits per heavy atom. The fourth-order valence-corrected chi connectivity index (χ4v) is 2.83. The van der Waals surface area contributed by atoms with E-state index >= 15 is 0 Å². The third-order valence-electron chi connectivity index (χ3n) is 4.26. The van der Waals surface area contributed by atoms with Crippen LogP contribution in [0.1, 0.15) is 46.1 Å². The van der Waals surface area contributed by atoms with Gasteiger partial charge in [0.05, 0.1) is 0 Å². The molecule has 0 spiro atoms. The van der Waals surface area contributed by atoms with Crippen LogP contribution >= 0.6 is 0 Å². The van der Waals surface area contributed by atoms with Crippen molar-refractivity contribution in [1.82, 2.24) is 5.32 Å². The van der Waals surface area contributed by atoms with Crippen LogP contribution in [-0.4, -0.2) is 24.3 Å². The van der Waals surface area contributed by atoms with Gasteiger partial charge >= 0.3 is 0 Å². The maximum atomic E-state index is 6.30. The Morgan fingerprint density at radius 1 is 1.33 bits per heavy atom. The van der Waals surface area contributed by atoms with Gasteiger partial charge < -0.3 is 14.8 Å². The van der Waals surface area contributed by atoms with Crippen LogP contribution in [0.2, 0.25) is 0 Å². The van der Waals surface area contributed by atoms with Crippen LogP contribution in [0.25, 0.3) is 0 Å². The van der Waals surface area contributed by atoms with Gasteiger partial charge in [-0.15, -0.1) is 0 Å². The minimum Gasteiger partial charge on any atom is -0.485 e. The van der Waals surface area contributed by atoms with Gasteiger partial charge in [-0.3, -0.25) is 0 Å². The molecule has 1 atom stereocenters. The maximum absolute atomic E-state index is 6.30.